The second-order valence-electron chi connectivity index (χ2n) is 7.44. The lowest BCUT2D eigenvalue weighted by Gasteiger charge is -2.36. The predicted octanol–water partition coefficient (Wildman–Crippen LogP) is 3.05. The Bertz CT molecular complexity index is 755. The molecule has 0 saturated carbocycles. The monoisotopic (exact) mass is 349 g/mol. The fourth-order valence-corrected chi connectivity index (χ4v) is 3.98. The van der Waals surface area contributed by atoms with Crippen LogP contribution in [-0.2, 0) is 17.9 Å². The Hall–Kier alpha value is -2.33. The number of anilines is 1. The van der Waals surface area contributed by atoms with E-state index in [0.29, 0.717) is 6.42 Å². The van der Waals surface area contributed by atoms with Crippen LogP contribution in [0.15, 0.2) is 48.5 Å². The molecule has 0 bridgehead atoms. The van der Waals surface area contributed by atoms with Crippen LogP contribution in [-0.4, -0.2) is 48.4 Å². The van der Waals surface area contributed by atoms with E-state index >= 15 is 0 Å². The topological polar surface area (TPSA) is 26.8 Å². The molecule has 1 fully saturated rings. The molecule has 0 unspecified atom stereocenters. The highest BCUT2D eigenvalue weighted by molar-refractivity contribution is 5.77. The molecular weight excluding hydrogens is 322 g/mol. The van der Waals surface area contributed by atoms with Gasteiger partial charge in [0, 0.05) is 57.9 Å². The number of amides is 1. The van der Waals surface area contributed by atoms with Crippen LogP contribution in [0.3, 0.4) is 0 Å². The molecule has 2 heterocycles. The Morgan fingerprint density at radius 2 is 1.62 bits per heavy atom. The van der Waals surface area contributed by atoms with Crippen molar-refractivity contribution >= 4 is 11.6 Å². The van der Waals surface area contributed by atoms with Gasteiger partial charge in [-0.25, -0.2) is 0 Å². The first-order valence-electron chi connectivity index (χ1n) is 9.57. The minimum absolute atomic E-state index is 0.280. The molecule has 0 aromatic heterocycles. The lowest BCUT2D eigenvalue weighted by atomic mass is 10.1. The summed E-state index contributed by atoms with van der Waals surface area (Å²) >= 11 is 0. The largest absolute Gasteiger partial charge is 0.369 e. The van der Waals surface area contributed by atoms with Gasteiger partial charge in [-0.2, -0.15) is 0 Å². The summed E-state index contributed by atoms with van der Waals surface area (Å²) in [6.45, 7) is 8.68. The maximum absolute atomic E-state index is 12.6. The summed E-state index contributed by atoms with van der Waals surface area (Å²) in [6, 6.07) is 17.1. The number of carbonyl (C=O) groups is 1. The molecule has 26 heavy (non-hydrogen) atoms. The molecule has 0 atom stereocenters. The van der Waals surface area contributed by atoms with Crippen LogP contribution in [0.4, 0.5) is 5.69 Å². The molecule has 4 rings (SSSR count). The number of hydrogen-bond donors (Lipinski definition) is 0. The summed E-state index contributed by atoms with van der Waals surface area (Å²) in [5.74, 6) is 0.280. The van der Waals surface area contributed by atoms with E-state index in [9.17, 15) is 4.79 Å². The van der Waals surface area contributed by atoms with Crippen LogP contribution in [0.25, 0.3) is 0 Å². The minimum atomic E-state index is 0.280. The number of carbonyl (C=O) groups excluding carboxylic acids is 1. The first kappa shape index (κ1) is 17.1. The fourth-order valence-electron chi connectivity index (χ4n) is 3.98. The zero-order chi connectivity index (χ0) is 17.9. The van der Waals surface area contributed by atoms with Gasteiger partial charge in [-0.3, -0.25) is 9.69 Å². The van der Waals surface area contributed by atoms with Crippen LogP contribution in [0.1, 0.15) is 23.1 Å². The lowest BCUT2D eigenvalue weighted by molar-refractivity contribution is -0.132. The molecule has 0 spiro atoms. The Kier molecular flexibility index (Phi) is 4.93. The maximum atomic E-state index is 12.6. The fraction of sp³-hybridized carbons (Fsp3) is 0.409. The zero-order valence-electron chi connectivity index (χ0n) is 15.5. The van der Waals surface area contributed by atoms with Crippen molar-refractivity contribution in [2.75, 3.05) is 37.6 Å². The highest BCUT2D eigenvalue weighted by Gasteiger charge is 2.24. The zero-order valence-corrected chi connectivity index (χ0v) is 15.5. The number of hydrogen-bond acceptors (Lipinski definition) is 3. The van der Waals surface area contributed by atoms with Crippen LogP contribution in [0, 0.1) is 6.92 Å². The third kappa shape index (κ3) is 3.75. The van der Waals surface area contributed by atoms with Gasteiger partial charge in [0.05, 0.1) is 0 Å². The molecule has 136 valence electrons. The van der Waals surface area contributed by atoms with E-state index in [0.717, 1.165) is 45.8 Å². The molecule has 1 saturated heterocycles. The molecule has 2 aliphatic rings. The van der Waals surface area contributed by atoms with E-state index < -0.39 is 0 Å². The van der Waals surface area contributed by atoms with E-state index in [1.807, 2.05) is 4.90 Å². The third-order valence-corrected chi connectivity index (χ3v) is 5.57. The van der Waals surface area contributed by atoms with Gasteiger partial charge in [0.15, 0.2) is 0 Å². The number of nitrogens with zero attached hydrogens (tertiary/aromatic N) is 3. The summed E-state index contributed by atoms with van der Waals surface area (Å²) in [5.41, 5.74) is 5.22. The summed E-state index contributed by atoms with van der Waals surface area (Å²) in [4.78, 5) is 19.4. The lowest BCUT2D eigenvalue weighted by Crippen LogP contribution is -2.47. The van der Waals surface area contributed by atoms with Crippen LogP contribution in [0.5, 0.6) is 0 Å². The van der Waals surface area contributed by atoms with Gasteiger partial charge in [0.1, 0.15) is 0 Å². The number of rotatable bonds is 4. The van der Waals surface area contributed by atoms with Gasteiger partial charge in [0.25, 0.3) is 0 Å². The van der Waals surface area contributed by atoms with E-state index in [1.54, 1.807) is 0 Å². The molecule has 2 aromatic carbocycles. The van der Waals surface area contributed by atoms with Crippen molar-refractivity contribution in [1.82, 2.24) is 9.80 Å². The van der Waals surface area contributed by atoms with Crippen LogP contribution >= 0.6 is 0 Å². The molecule has 4 heteroatoms. The molecule has 2 aromatic rings. The van der Waals surface area contributed by atoms with E-state index in [1.165, 1.54) is 22.4 Å². The number of piperazine rings is 1. The van der Waals surface area contributed by atoms with Gasteiger partial charge < -0.3 is 9.80 Å². The molecule has 0 aliphatic carbocycles. The first-order chi connectivity index (χ1) is 12.7. The minimum Gasteiger partial charge on any atom is -0.369 e. The summed E-state index contributed by atoms with van der Waals surface area (Å²) < 4.78 is 0. The molecule has 0 N–H and O–H groups in total. The van der Waals surface area contributed by atoms with E-state index in [-0.39, 0.29) is 5.91 Å². The summed E-state index contributed by atoms with van der Waals surface area (Å²) in [7, 11) is 0. The van der Waals surface area contributed by atoms with Crippen LogP contribution in [0.2, 0.25) is 0 Å². The van der Waals surface area contributed by atoms with Crippen molar-refractivity contribution < 1.29 is 4.79 Å². The van der Waals surface area contributed by atoms with Gasteiger partial charge in [-0.15, -0.1) is 0 Å². The molecule has 2 aliphatic heterocycles. The maximum Gasteiger partial charge on any atom is 0.224 e. The quantitative estimate of drug-likeness (QED) is 0.849. The van der Waals surface area contributed by atoms with Crippen molar-refractivity contribution in [2.24, 2.45) is 0 Å². The number of aryl methyl sites for hydroxylation is 1. The third-order valence-electron chi connectivity index (χ3n) is 5.57. The summed E-state index contributed by atoms with van der Waals surface area (Å²) in [5, 5.41) is 0. The summed E-state index contributed by atoms with van der Waals surface area (Å²) in [6.07, 6.45) is 0.623. The number of fused-ring (bicyclic) bond motifs is 1. The molecule has 1 amide bonds. The normalized spacial score (nSPS) is 17.4. The van der Waals surface area contributed by atoms with E-state index in [2.05, 4.69) is 65.3 Å². The highest BCUT2D eigenvalue weighted by Crippen LogP contribution is 2.23. The second kappa shape index (κ2) is 7.50. The molecule has 4 nitrogen and oxygen atoms in total. The average Bonchev–Trinajstić information content (AvgIpc) is 3.11. The highest BCUT2D eigenvalue weighted by atomic mass is 16.2. The Balaban J connectivity index is 1.23. The van der Waals surface area contributed by atoms with Gasteiger partial charge in [-0.05, 0) is 35.7 Å². The standard InChI is InChI=1S/C22H27N3O/c1-18-5-4-8-21(15-18)24-13-11-23(12-14-24)10-9-22(26)25-16-19-6-2-3-7-20(19)17-25/h2-8,15H,9-14,16-17H2,1H3. The van der Waals surface area contributed by atoms with Gasteiger partial charge in [0.2, 0.25) is 5.91 Å². The van der Waals surface area contributed by atoms with Crippen molar-refractivity contribution in [3.05, 3.63) is 65.2 Å². The van der Waals surface area contributed by atoms with Crippen molar-refractivity contribution in [2.45, 2.75) is 26.4 Å². The van der Waals surface area contributed by atoms with Crippen molar-refractivity contribution in [3.8, 4) is 0 Å². The van der Waals surface area contributed by atoms with Crippen molar-refractivity contribution in [3.63, 3.8) is 0 Å². The predicted molar refractivity (Wildman–Crippen MR) is 105 cm³/mol. The first-order valence-corrected chi connectivity index (χ1v) is 9.57. The smallest absolute Gasteiger partial charge is 0.224 e. The second-order valence-corrected chi connectivity index (χ2v) is 7.44. The SMILES string of the molecule is Cc1cccc(N2CCN(CCC(=O)N3Cc4ccccc4C3)CC2)c1. The molecular formula is C22H27N3O. The van der Waals surface area contributed by atoms with Crippen molar-refractivity contribution in [1.29, 1.82) is 0 Å². The van der Waals surface area contributed by atoms with Gasteiger partial charge >= 0.3 is 0 Å². The average molecular weight is 349 g/mol. The van der Waals surface area contributed by atoms with Gasteiger partial charge in [-0.1, -0.05) is 36.4 Å². The molecule has 0 radical (unpaired) electrons. The number of benzene rings is 2. The van der Waals surface area contributed by atoms with Crippen LogP contribution < -0.4 is 4.90 Å². The Morgan fingerprint density at radius 3 is 2.27 bits per heavy atom. The Morgan fingerprint density at radius 1 is 0.923 bits per heavy atom. The Labute approximate surface area is 156 Å². The van der Waals surface area contributed by atoms with E-state index in [4.69, 9.17) is 0 Å².